The van der Waals surface area contributed by atoms with Crippen molar-refractivity contribution in [3.8, 4) is 11.4 Å². The molecule has 3 aromatic rings. The van der Waals surface area contributed by atoms with Gasteiger partial charge in [-0.05, 0) is 19.4 Å². The average molecular weight is 359 g/mol. The number of aryl methyl sites for hydroxylation is 1. The third kappa shape index (κ3) is 2.77. The highest BCUT2D eigenvalue weighted by atomic mass is 16.5. The second-order valence-electron chi connectivity index (χ2n) is 7.34. The Morgan fingerprint density at radius 3 is 2.81 bits per heavy atom. The van der Waals surface area contributed by atoms with Gasteiger partial charge in [0.05, 0.1) is 24.3 Å². The fourth-order valence-electron chi connectivity index (χ4n) is 4.19. The highest BCUT2D eigenvalue weighted by molar-refractivity contribution is 5.57. The maximum atomic E-state index is 6.00. The van der Waals surface area contributed by atoms with Crippen molar-refractivity contribution >= 4 is 5.82 Å². The molecule has 1 unspecified atom stereocenters. The molecule has 1 saturated heterocycles. The SMILES string of the molecule is Cc1nc(-c2ccccc2)nc2c1COCC21CCN(c2ccncn2)C1. The van der Waals surface area contributed by atoms with Crippen LogP contribution in [0.5, 0.6) is 0 Å². The molecule has 2 aliphatic rings. The predicted octanol–water partition coefficient (Wildman–Crippen LogP) is 2.92. The van der Waals surface area contributed by atoms with E-state index in [1.54, 1.807) is 12.5 Å². The van der Waals surface area contributed by atoms with Crippen LogP contribution in [0.3, 0.4) is 0 Å². The molecule has 0 saturated carbocycles. The first-order valence-corrected chi connectivity index (χ1v) is 9.27. The largest absolute Gasteiger partial charge is 0.376 e. The zero-order chi connectivity index (χ0) is 18.3. The van der Waals surface area contributed by atoms with Crippen molar-refractivity contribution in [2.24, 2.45) is 0 Å². The van der Waals surface area contributed by atoms with E-state index in [0.29, 0.717) is 13.2 Å². The number of benzene rings is 1. The number of anilines is 1. The Morgan fingerprint density at radius 2 is 2.00 bits per heavy atom. The van der Waals surface area contributed by atoms with Crippen LogP contribution in [0.15, 0.2) is 48.9 Å². The van der Waals surface area contributed by atoms with Gasteiger partial charge in [0.25, 0.3) is 0 Å². The maximum absolute atomic E-state index is 6.00. The van der Waals surface area contributed by atoms with Crippen LogP contribution >= 0.6 is 0 Å². The molecule has 2 aliphatic heterocycles. The van der Waals surface area contributed by atoms with Crippen LogP contribution in [0, 0.1) is 6.92 Å². The minimum atomic E-state index is -0.115. The molecule has 0 N–H and O–H groups in total. The first kappa shape index (κ1) is 16.3. The summed E-state index contributed by atoms with van der Waals surface area (Å²) < 4.78 is 6.00. The molecule has 27 heavy (non-hydrogen) atoms. The number of rotatable bonds is 2. The number of ether oxygens (including phenoxy) is 1. The lowest BCUT2D eigenvalue weighted by Crippen LogP contribution is -2.41. The smallest absolute Gasteiger partial charge is 0.159 e. The van der Waals surface area contributed by atoms with E-state index >= 15 is 0 Å². The van der Waals surface area contributed by atoms with Gasteiger partial charge in [-0.3, -0.25) is 0 Å². The van der Waals surface area contributed by atoms with Crippen LogP contribution in [0.25, 0.3) is 11.4 Å². The molecule has 6 heteroatoms. The first-order valence-electron chi connectivity index (χ1n) is 9.27. The van der Waals surface area contributed by atoms with Crippen LogP contribution in [0.2, 0.25) is 0 Å². The lowest BCUT2D eigenvalue weighted by Gasteiger charge is -2.35. The summed E-state index contributed by atoms with van der Waals surface area (Å²) in [7, 11) is 0. The normalized spacial score (nSPS) is 21.4. The maximum Gasteiger partial charge on any atom is 0.159 e. The number of nitrogens with zero attached hydrogens (tertiary/aromatic N) is 5. The van der Waals surface area contributed by atoms with E-state index in [-0.39, 0.29) is 5.41 Å². The van der Waals surface area contributed by atoms with Crippen LogP contribution in [0.4, 0.5) is 5.82 Å². The summed E-state index contributed by atoms with van der Waals surface area (Å²) >= 11 is 0. The highest BCUT2D eigenvalue weighted by Crippen LogP contribution is 2.41. The molecule has 0 bridgehead atoms. The third-order valence-electron chi connectivity index (χ3n) is 5.62. The highest BCUT2D eigenvalue weighted by Gasteiger charge is 2.45. The molecular weight excluding hydrogens is 338 g/mol. The van der Waals surface area contributed by atoms with Gasteiger partial charge in [0, 0.05) is 36.1 Å². The lowest BCUT2D eigenvalue weighted by atomic mass is 9.80. The van der Waals surface area contributed by atoms with E-state index < -0.39 is 0 Å². The van der Waals surface area contributed by atoms with Gasteiger partial charge in [-0.15, -0.1) is 0 Å². The average Bonchev–Trinajstić information content (AvgIpc) is 3.15. The molecule has 136 valence electrons. The monoisotopic (exact) mass is 359 g/mol. The summed E-state index contributed by atoms with van der Waals surface area (Å²) in [6.07, 6.45) is 4.39. The van der Waals surface area contributed by atoms with Crippen LogP contribution in [-0.2, 0) is 16.8 Å². The summed E-state index contributed by atoms with van der Waals surface area (Å²) in [5.41, 5.74) is 4.24. The van der Waals surface area contributed by atoms with Gasteiger partial charge >= 0.3 is 0 Å². The summed E-state index contributed by atoms with van der Waals surface area (Å²) in [4.78, 5) is 20.6. The van der Waals surface area contributed by atoms with Crippen molar-refractivity contribution in [3.63, 3.8) is 0 Å². The van der Waals surface area contributed by atoms with E-state index in [1.165, 1.54) is 0 Å². The zero-order valence-corrected chi connectivity index (χ0v) is 15.3. The van der Waals surface area contributed by atoms with Crippen molar-refractivity contribution in [3.05, 3.63) is 65.9 Å². The van der Waals surface area contributed by atoms with Gasteiger partial charge in [-0.2, -0.15) is 0 Å². The summed E-state index contributed by atoms with van der Waals surface area (Å²) in [5, 5.41) is 0. The zero-order valence-electron chi connectivity index (χ0n) is 15.3. The van der Waals surface area contributed by atoms with Crippen molar-refractivity contribution < 1.29 is 4.74 Å². The van der Waals surface area contributed by atoms with Gasteiger partial charge in [-0.25, -0.2) is 19.9 Å². The molecule has 5 rings (SSSR count). The molecule has 0 aliphatic carbocycles. The van der Waals surface area contributed by atoms with E-state index in [0.717, 1.165) is 53.7 Å². The summed E-state index contributed by atoms with van der Waals surface area (Å²) in [6, 6.07) is 12.2. The Labute approximate surface area is 158 Å². The summed E-state index contributed by atoms with van der Waals surface area (Å²) in [5.74, 6) is 1.76. The second kappa shape index (κ2) is 6.39. The van der Waals surface area contributed by atoms with Crippen LogP contribution in [-0.4, -0.2) is 39.6 Å². The number of fused-ring (bicyclic) bond motifs is 2. The quantitative estimate of drug-likeness (QED) is 0.701. The van der Waals surface area contributed by atoms with E-state index in [2.05, 4.69) is 33.9 Å². The predicted molar refractivity (Wildman–Crippen MR) is 102 cm³/mol. The fourth-order valence-corrected chi connectivity index (χ4v) is 4.19. The molecule has 2 aromatic heterocycles. The minimum Gasteiger partial charge on any atom is -0.376 e. The van der Waals surface area contributed by atoms with E-state index in [9.17, 15) is 0 Å². The first-order chi connectivity index (χ1) is 13.3. The van der Waals surface area contributed by atoms with Crippen molar-refractivity contribution in [2.75, 3.05) is 24.6 Å². The number of hydrogen-bond acceptors (Lipinski definition) is 6. The van der Waals surface area contributed by atoms with Gasteiger partial charge in [0.1, 0.15) is 12.1 Å². The Hall–Kier alpha value is -2.86. The Kier molecular flexibility index (Phi) is 3.86. The van der Waals surface area contributed by atoms with Crippen molar-refractivity contribution in [1.82, 2.24) is 19.9 Å². The lowest BCUT2D eigenvalue weighted by molar-refractivity contribution is 0.0552. The van der Waals surface area contributed by atoms with E-state index in [1.807, 2.05) is 24.3 Å². The summed E-state index contributed by atoms with van der Waals surface area (Å²) in [6.45, 7) is 5.12. The topological polar surface area (TPSA) is 64.0 Å². The minimum absolute atomic E-state index is 0.115. The molecule has 0 radical (unpaired) electrons. The molecule has 1 spiro atoms. The number of hydrogen-bond donors (Lipinski definition) is 0. The Balaban J connectivity index is 1.57. The fraction of sp³-hybridized carbons (Fsp3) is 0.333. The van der Waals surface area contributed by atoms with Gasteiger partial charge < -0.3 is 9.64 Å². The van der Waals surface area contributed by atoms with Gasteiger partial charge in [-0.1, -0.05) is 30.3 Å². The number of aromatic nitrogens is 4. The van der Waals surface area contributed by atoms with E-state index in [4.69, 9.17) is 14.7 Å². The Bertz CT molecular complexity index is 963. The van der Waals surface area contributed by atoms with Crippen molar-refractivity contribution in [1.29, 1.82) is 0 Å². The second-order valence-corrected chi connectivity index (χ2v) is 7.34. The standard InChI is InChI=1S/C21H21N5O/c1-15-17-11-27-13-21(8-10-26(12-21)18-7-9-22-14-23-18)19(17)25-20(24-15)16-5-3-2-4-6-16/h2-7,9,14H,8,10-13H2,1H3. The molecular formula is C21H21N5O. The Morgan fingerprint density at radius 1 is 1.11 bits per heavy atom. The molecule has 6 nitrogen and oxygen atoms in total. The molecule has 1 aromatic carbocycles. The van der Waals surface area contributed by atoms with Gasteiger partial charge in [0.2, 0.25) is 0 Å². The van der Waals surface area contributed by atoms with Crippen LogP contribution < -0.4 is 4.90 Å². The third-order valence-corrected chi connectivity index (χ3v) is 5.62. The van der Waals surface area contributed by atoms with Crippen molar-refractivity contribution in [2.45, 2.75) is 25.4 Å². The molecule has 4 heterocycles. The van der Waals surface area contributed by atoms with Gasteiger partial charge in [0.15, 0.2) is 5.82 Å². The molecule has 1 fully saturated rings. The molecule has 1 atom stereocenters. The van der Waals surface area contributed by atoms with Crippen LogP contribution in [0.1, 0.15) is 23.4 Å². The molecule has 0 amide bonds.